The predicted octanol–water partition coefficient (Wildman–Crippen LogP) is 1.01. The molecule has 37 heavy (non-hydrogen) atoms. The van der Waals surface area contributed by atoms with Gasteiger partial charge in [0.2, 0.25) is 5.95 Å². The number of nitrogens with one attached hydrogen (secondary N) is 2. The van der Waals surface area contributed by atoms with Crippen molar-refractivity contribution in [2.45, 2.75) is 19.3 Å². The number of anilines is 2. The molecular formula is C25H39N7O4S. The molecule has 12 heteroatoms. The summed E-state index contributed by atoms with van der Waals surface area (Å²) in [5.74, 6) is 2.80. The molecule has 11 nitrogen and oxygen atoms in total. The van der Waals surface area contributed by atoms with Crippen molar-refractivity contribution in [1.29, 1.82) is 0 Å². The summed E-state index contributed by atoms with van der Waals surface area (Å²) in [6.07, 6.45) is 3.53. The van der Waals surface area contributed by atoms with Gasteiger partial charge in [0, 0.05) is 57.3 Å². The number of benzene rings is 1. The molecule has 204 valence electrons. The van der Waals surface area contributed by atoms with Crippen molar-refractivity contribution in [2.24, 2.45) is 0 Å². The van der Waals surface area contributed by atoms with Crippen LogP contribution in [0.5, 0.6) is 11.5 Å². The van der Waals surface area contributed by atoms with Gasteiger partial charge in [0.15, 0.2) is 21.3 Å². The molecule has 0 radical (unpaired) electrons. The van der Waals surface area contributed by atoms with Crippen LogP contribution in [-0.2, 0) is 9.84 Å². The lowest BCUT2D eigenvalue weighted by Gasteiger charge is -2.29. The molecular weight excluding hydrogens is 494 g/mol. The molecule has 0 amide bonds. The third-order valence-electron chi connectivity index (χ3n) is 7.35. The van der Waals surface area contributed by atoms with Crippen molar-refractivity contribution >= 4 is 32.5 Å². The third-order valence-corrected chi connectivity index (χ3v) is 8.96. The third kappa shape index (κ3) is 6.73. The molecule has 0 atom stereocenters. The van der Waals surface area contributed by atoms with Crippen LogP contribution in [0.15, 0.2) is 12.1 Å². The van der Waals surface area contributed by atoms with Crippen molar-refractivity contribution in [3.63, 3.8) is 0 Å². The molecule has 1 aromatic heterocycles. The number of likely N-dealkylation sites (tertiary alicyclic amines) is 1. The first-order valence-corrected chi connectivity index (χ1v) is 15.2. The minimum Gasteiger partial charge on any atom is -0.493 e. The van der Waals surface area contributed by atoms with Gasteiger partial charge in [0.1, 0.15) is 5.82 Å². The van der Waals surface area contributed by atoms with Crippen molar-refractivity contribution in [1.82, 2.24) is 25.1 Å². The van der Waals surface area contributed by atoms with Crippen LogP contribution >= 0.6 is 0 Å². The Morgan fingerprint density at radius 1 is 0.973 bits per heavy atom. The number of aromatic nitrogens is 2. The summed E-state index contributed by atoms with van der Waals surface area (Å²) in [4.78, 5) is 16.5. The van der Waals surface area contributed by atoms with Crippen LogP contribution < -0.4 is 25.0 Å². The standard InChI is InChI=1S/C25H39N7O4S/c1-35-22-17-20-21(18-23(22)36-14-4-9-30-7-2-3-8-30)28-25(32-12-15-37(33,34)16-13-32)29-24(20)27-19-31-10-5-26-6-11-31/h17-18,26H,2-16,19H2,1H3,(H,27,28,29). The number of piperazine rings is 1. The fourth-order valence-corrected chi connectivity index (χ4v) is 6.32. The predicted molar refractivity (Wildman–Crippen MR) is 146 cm³/mol. The maximum absolute atomic E-state index is 12.0. The number of ether oxygens (including phenoxy) is 2. The van der Waals surface area contributed by atoms with Crippen molar-refractivity contribution in [3.05, 3.63) is 12.1 Å². The summed E-state index contributed by atoms with van der Waals surface area (Å²) >= 11 is 0. The second kappa shape index (κ2) is 12.0. The Morgan fingerprint density at radius 2 is 1.73 bits per heavy atom. The highest BCUT2D eigenvalue weighted by Gasteiger charge is 2.25. The minimum atomic E-state index is -3.00. The van der Waals surface area contributed by atoms with E-state index in [2.05, 4.69) is 20.4 Å². The van der Waals surface area contributed by atoms with E-state index < -0.39 is 9.84 Å². The molecule has 0 aliphatic carbocycles. The number of sulfone groups is 1. The smallest absolute Gasteiger partial charge is 0.227 e. The average molecular weight is 534 g/mol. The van der Waals surface area contributed by atoms with E-state index in [1.54, 1.807) is 7.11 Å². The van der Waals surface area contributed by atoms with E-state index >= 15 is 0 Å². The molecule has 3 aliphatic rings. The SMILES string of the molecule is COc1cc2c(NCN3CCNCC3)nc(N3CCS(=O)(=O)CC3)nc2cc1OCCCN1CCCC1. The van der Waals surface area contributed by atoms with Gasteiger partial charge in [-0.25, -0.2) is 13.4 Å². The van der Waals surface area contributed by atoms with E-state index in [-0.39, 0.29) is 11.5 Å². The first kappa shape index (κ1) is 26.2. The zero-order valence-corrected chi connectivity index (χ0v) is 22.6. The van der Waals surface area contributed by atoms with Gasteiger partial charge >= 0.3 is 0 Å². The number of hydrogen-bond donors (Lipinski definition) is 2. The maximum Gasteiger partial charge on any atom is 0.227 e. The van der Waals surface area contributed by atoms with Gasteiger partial charge in [0.25, 0.3) is 0 Å². The molecule has 0 bridgehead atoms. The lowest BCUT2D eigenvalue weighted by molar-refractivity contribution is 0.254. The highest BCUT2D eigenvalue weighted by Crippen LogP contribution is 2.35. The highest BCUT2D eigenvalue weighted by atomic mass is 32.2. The molecule has 0 spiro atoms. The van der Waals surface area contributed by atoms with Gasteiger partial charge in [-0.2, -0.15) is 4.98 Å². The van der Waals surface area contributed by atoms with Gasteiger partial charge in [0.05, 0.1) is 37.4 Å². The highest BCUT2D eigenvalue weighted by molar-refractivity contribution is 7.91. The number of methoxy groups -OCH3 is 1. The maximum atomic E-state index is 12.0. The zero-order valence-electron chi connectivity index (χ0n) is 21.7. The molecule has 1 aromatic carbocycles. The van der Waals surface area contributed by atoms with E-state index in [4.69, 9.17) is 19.4 Å². The average Bonchev–Trinajstić information content (AvgIpc) is 3.43. The summed E-state index contributed by atoms with van der Waals surface area (Å²) in [5.41, 5.74) is 0.747. The Bertz CT molecular complexity index is 1150. The van der Waals surface area contributed by atoms with Gasteiger partial charge in [-0.1, -0.05) is 0 Å². The fraction of sp³-hybridized carbons (Fsp3) is 0.680. The van der Waals surface area contributed by atoms with Crippen LogP contribution in [0, 0.1) is 0 Å². The first-order chi connectivity index (χ1) is 18.0. The van der Waals surface area contributed by atoms with Crippen LogP contribution in [0.4, 0.5) is 11.8 Å². The van der Waals surface area contributed by atoms with Crippen molar-refractivity contribution in [2.75, 3.05) is 101 Å². The number of rotatable bonds is 10. The molecule has 3 saturated heterocycles. The number of nitrogens with zero attached hydrogens (tertiary/aromatic N) is 5. The molecule has 3 aliphatic heterocycles. The summed E-state index contributed by atoms with van der Waals surface area (Å²) in [6.45, 7) is 9.31. The van der Waals surface area contributed by atoms with Gasteiger partial charge in [-0.3, -0.25) is 4.90 Å². The zero-order chi connectivity index (χ0) is 25.7. The Hall–Kier alpha value is -2.41. The van der Waals surface area contributed by atoms with E-state index in [9.17, 15) is 8.42 Å². The Kier molecular flexibility index (Phi) is 8.48. The lowest BCUT2D eigenvalue weighted by atomic mass is 10.2. The van der Waals surface area contributed by atoms with Crippen LogP contribution in [0.3, 0.4) is 0 Å². The minimum absolute atomic E-state index is 0.117. The summed E-state index contributed by atoms with van der Waals surface area (Å²) in [7, 11) is -1.35. The summed E-state index contributed by atoms with van der Waals surface area (Å²) in [5, 5.41) is 7.73. The molecule has 2 aromatic rings. The van der Waals surface area contributed by atoms with E-state index in [0.29, 0.717) is 49.6 Å². The van der Waals surface area contributed by atoms with E-state index in [0.717, 1.165) is 50.0 Å². The number of hydrogen-bond acceptors (Lipinski definition) is 11. The lowest BCUT2D eigenvalue weighted by Crippen LogP contribution is -2.45. The second-order valence-electron chi connectivity index (χ2n) is 9.98. The molecule has 4 heterocycles. The molecule has 0 saturated carbocycles. The normalized spacial score (nSPS) is 20.8. The molecule has 5 rings (SSSR count). The van der Waals surface area contributed by atoms with Gasteiger partial charge in [-0.15, -0.1) is 0 Å². The molecule has 0 unspecified atom stereocenters. The molecule has 3 fully saturated rings. The Labute approximate surface area is 219 Å². The number of fused-ring (bicyclic) bond motifs is 1. The van der Waals surface area contributed by atoms with Crippen LogP contribution in [0.2, 0.25) is 0 Å². The van der Waals surface area contributed by atoms with E-state index in [1.165, 1.54) is 25.9 Å². The Balaban J connectivity index is 1.38. The topological polar surface area (TPSA) is 112 Å². The molecule has 2 N–H and O–H groups in total. The van der Waals surface area contributed by atoms with Gasteiger partial charge < -0.3 is 29.9 Å². The fourth-order valence-electron chi connectivity index (χ4n) is 5.12. The van der Waals surface area contributed by atoms with Crippen LogP contribution in [0.25, 0.3) is 10.9 Å². The first-order valence-electron chi connectivity index (χ1n) is 13.4. The quantitative estimate of drug-likeness (QED) is 0.427. The monoisotopic (exact) mass is 533 g/mol. The summed E-state index contributed by atoms with van der Waals surface area (Å²) in [6, 6.07) is 3.86. The van der Waals surface area contributed by atoms with Crippen LogP contribution in [0.1, 0.15) is 19.3 Å². The van der Waals surface area contributed by atoms with Crippen molar-refractivity contribution in [3.8, 4) is 11.5 Å². The van der Waals surface area contributed by atoms with Crippen molar-refractivity contribution < 1.29 is 17.9 Å². The largest absolute Gasteiger partial charge is 0.493 e. The summed E-state index contributed by atoms with van der Waals surface area (Å²) < 4.78 is 35.8. The van der Waals surface area contributed by atoms with Gasteiger partial charge in [-0.05, 0) is 38.4 Å². The second-order valence-corrected chi connectivity index (χ2v) is 12.3. The van der Waals surface area contributed by atoms with E-state index in [1.807, 2.05) is 17.0 Å². The Morgan fingerprint density at radius 3 is 2.46 bits per heavy atom. The van der Waals surface area contributed by atoms with Crippen LogP contribution in [-0.4, -0.2) is 119 Å².